The third-order valence-electron chi connectivity index (χ3n) is 4.03. The molecule has 0 saturated carbocycles. The van der Waals surface area contributed by atoms with E-state index in [2.05, 4.69) is 16.5 Å². The molecule has 5 nitrogen and oxygen atoms in total. The Hall–Kier alpha value is -2.79. The van der Waals surface area contributed by atoms with Crippen LogP contribution in [0.1, 0.15) is 21.5 Å². The number of aryl methyl sites for hydroxylation is 1. The average molecular weight is 370 g/mol. The highest BCUT2D eigenvalue weighted by atomic mass is 35.5. The highest BCUT2D eigenvalue weighted by molar-refractivity contribution is 6.30. The van der Waals surface area contributed by atoms with Gasteiger partial charge in [-0.1, -0.05) is 35.4 Å². The Labute approximate surface area is 157 Å². The molecule has 0 aliphatic rings. The number of amides is 1. The first-order valence-electron chi connectivity index (χ1n) is 8.29. The first-order valence-corrected chi connectivity index (χ1v) is 8.67. The zero-order valence-electron chi connectivity index (χ0n) is 14.7. The third-order valence-corrected chi connectivity index (χ3v) is 4.27. The second-order valence-corrected chi connectivity index (χ2v) is 6.41. The number of carbonyl (C=O) groups is 1. The van der Waals surface area contributed by atoms with E-state index in [4.69, 9.17) is 16.3 Å². The minimum Gasteiger partial charge on any atom is -0.496 e. The summed E-state index contributed by atoms with van der Waals surface area (Å²) in [7, 11) is 1.65. The largest absolute Gasteiger partial charge is 0.496 e. The van der Waals surface area contributed by atoms with Gasteiger partial charge in [-0.2, -0.15) is 5.10 Å². The van der Waals surface area contributed by atoms with Gasteiger partial charge in [0.15, 0.2) is 0 Å². The SMILES string of the molecule is COc1ccc(C)cc1CCNC(=O)c1cnn(-c2cccc(Cl)c2)c1. The van der Waals surface area contributed by atoms with Crippen LogP contribution in [0.2, 0.25) is 5.02 Å². The van der Waals surface area contributed by atoms with Gasteiger partial charge < -0.3 is 10.1 Å². The highest BCUT2D eigenvalue weighted by Gasteiger charge is 2.10. The quantitative estimate of drug-likeness (QED) is 0.718. The molecule has 26 heavy (non-hydrogen) atoms. The molecule has 6 heteroatoms. The normalized spacial score (nSPS) is 10.6. The molecule has 0 spiro atoms. The molecular formula is C20H20ClN3O2. The van der Waals surface area contributed by atoms with Gasteiger partial charge in [0.2, 0.25) is 0 Å². The van der Waals surface area contributed by atoms with E-state index in [0.717, 1.165) is 22.6 Å². The van der Waals surface area contributed by atoms with E-state index >= 15 is 0 Å². The predicted octanol–water partition coefficient (Wildman–Crippen LogP) is 3.82. The van der Waals surface area contributed by atoms with Crippen LogP contribution in [0.15, 0.2) is 54.9 Å². The van der Waals surface area contributed by atoms with Crippen molar-refractivity contribution < 1.29 is 9.53 Å². The van der Waals surface area contributed by atoms with Crippen LogP contribution in [-0.2, 0) is 6.42 Å². The first kappa shape index (κ1) is 18.0. The van der Waals surface area contributed by atoms with Crippen LogP contribution in [0, 0.1) is 6.92 Å². The zero-order chi connectivity index (χ0) is 18.5. The lowest BCUT2D eigenvalue weighted by Gasteiger charge is -2.10. The molecule has 0 atom stereocenters. The Morgan fingerprint density at radius 2 is 2.12 bits per heavy atom. The van der Waals surface area contributed by atoms with Crippen LogP contribution in [-0.4, -0.2) is 29.3 Å². The minimum atomic E-state index is -0.162. The van der Waals surface area contributed by atoms with Gasteiger partial charge in [0.25, 0.3) is 5.91 Å². The number of nitrogens with one attached hydrogen (secondary N) is 1. The lowest BCUT2D eigenvalue weighted by Crippen LogP contribution is -2.25. The number of hydrogen-bond acceptors (Lipinski definition) is 3. The number of ether oxygens (including phenoxy) is 1. The van der Waals surface area contributed by atoms with Crippen LogP contribution < -0.4 is 10.1 Å². The van der Waals surface area contributed by atoms with Crippen LogP contribution >= 0.6 is 11.6 Å². The number of hydrogen-bond donors (Lipinski definition) is 1. The van der Waals surface area contributed by atoms with Crippen molar-refractivity contribution >= 4 is 17.5 Å². The van der Waals surface area contributed by atoms with Gasteiger partial charge in [0.05, 0.1) is 24.6 Å². The van der Waals surface area contributed by atoms with Crippen molar-refractivity contribution in [2.45, 2.75) is 13.3 Å². The van der Waals surface area contributed by atoms with Gasteiger partial charge in [-0.15, -0.1) is 0 Å². The maximum Gasteiger partial charge on any atom is 0.254 e. The molecule has 134 valence electrons. The van der Waals surface area contributed by atoms with Crippen molar-refractivity contribution in [2.75, 3.05) is 13.7 Å². The Balaban J connectivity index is 1.62. The Kier molecular flexibility index (Phi) is 5.58. The number of rotatable bonds is 6. The maximum atomic E-state index is 12.3. The molecule has 0 aliphatic heterocycles. The predicted molar refractivity (Wildman–Crippen MR) is 102 cm³/mol. The van der Waals surface area contributed by atoms with Crippen LogP contribution in [0.3, 0.4) is 0 Å². The van der Waals surface area contributed by atoms with Crippen LogP contribution in [0.5, 0.6) is 5.75 Å². The Morgan fingerprint density at radius 3 is 2.88 bits per heavy atom. The number of aromatic nitrogens is 2. The van der Waals surface area contributed by atoms with Crippen molar-refractivity contribution in [2.24, 2.45) is 0 Å². The van der Waals surface area contributed by atoms with Crippen molar-refractivity contribution in [3.63, 3.8) is 0 Å². The van der Waals surface area contributed by atoms with Crippen molar-refractivity contribution in [3.8, 4) is 11.4 Å². The molecule has 0 saturated heterocycles. The maximum absolute atomic E-state index is 12.3. The Morgan fingerprint density at radius 1 is 1.27 bits per heavy atom. The number of nitrogens with zero attached hydrogens (tertiary/aromatic N) is 2. The summed E-state index contributed by atoms with van der Waals surface area (Å²) in [5.41, 5.74) is 3.54. The van der Waals surface area contributed by atoms with Crippen molar-refractivity contribution in [1.29, 1.82) is 0 Å². The smallest absolute Gasteiger partial charge is 0.254 e. The molecule has 0 unspecified atom stereocenters. The first-order chi connectivity index (χ1) is 12.6. The fourth-order valence-electron chi connectivity index (χ4n) is 2.72. The number of halogens is 1. The van der Waals surface area contributed by atoms with E-state index in [1.165, 1.54) is 0 Å². The molecule has 1 amide bonds. The monoisotopic (exact) mass is 369 g/mol. The number of carbonyl (C=O) groups excluding carboxylic acids is 1. The molecular weight excluding hydrogens is 350 g/mol. The van der Waals surface area contributed by atoms with E-state index in [0.29, 0.717) is 23.6 Å². The molecule has 3 rings (SSSR count). The summed E-state index contributed by atoms with van der Waals surface area (Å²) in [5.74, 6) is 0.670. The second kappa shape index (κ2) is 8.06. The molecule has 0 fully saturated rings. The lowest BCUT2D eigenvalue weighted by molar-refractivity contribution is 0.0954. The van der Waals surface area contributed by atoms with Gasteiger partial charge in [-0.3, -0.25) is 4.79 Å². The van der Waals surface area contributed by atoms with E-state index in [9.17, 15) is 4.79 Å². The molecule has 1 heterocycles. The number of benzene rings is 2. The van der Waals surface area contributed by atoms with Gasteiger partial charge in [0, 0.05) is 17.8 Å². The van der Waals surface area contributed by atoms with Gasteiger partial charge in [-0.25, -0.2) is 4.68 Å². The topological polar surface area (TPSA) is 56.1 Å². The summed E-state index contributed by atoms with van der Waals surface area (Å²) in [6.45, 7) is 2.55. The van der Waals surface area contributed by atoms with Crippen molar-refractivity contribution in [1.82, 2.24) is 15.1 Å². The standard InChI is InChI=1S/C20H20ClN3O2/c1-14-6-7-19(26-2)15(10-14)8-9-22-20(25)16-12-23-24(13-16)18-5-3-4-17(21)11-18/h3-7,10-13H,8-9H2,1-2H3,(H,22,25). The third kappa shape index (κ3) is 4.24. The highest BCUT2D eigenvalue weighted by Crippen LogP contribution is 2.20. The number of methoxy groups -OCH3 is 1. The summed E-state index contributed by atoms with van der Waals surface area (Å²) in [6.07, 6.45) is 3.93. The van der Waals surface area contributed by atoms with Gasteiger partial charge in [-0.05, 0) is 43.2 Å². The summed E-state index contributed by atoms with van der Waals surface area (Å²) < 4.78 is 7.00. The van der Waals surface area contributed by atoms with Crippen LogP contribution in [0.4, 0.5) is 0 Å². The summed E-state index contributed by atoms with van der Waals surface area (Å²) >= 11 is 6.00. The van der Waals surface area contributed by atoms with E-state index in [1.54, 1.807) is 36.3 Å². The van der Waals surface area contributed by atoms with Crippen LogP contribution in [0.25, 0.3) is 5.69 Å². The lowest BCUT2D eigenvalue weighted by atomic mass is 10.1. The molecule has 3 aromatic rings. The second-order valence-electron chi connectivity index (χ2n) is 5.97. The summed E-state index contributed by atoms with van der Waals surface area (Å²) in [5, 5.41) is 7.77. The summed E-state index contributed by atoms with van der Waals surface area (Å²) in [6, 6.07) is 13.3. The molecule has 0 aliphatic carbocycles. The molecule has 2 aromatic carbocycles. The minimum absolute atomic E-state index is 0.162. The Bertz CT molecular complexity index is 921. The zero-order valence-corrected chi connectivity index (χ0v) is 15.5. The van der Waals surface area contributed by atoms with E-state index < -0.39 is 0 Å². The molecule has 1 aromatic heterocycles. The van der Waals surface area contributed by atoms with Crippen molar-refractivity contribution in [3.05, 3.63) is 76.6 Å². The molecule has 1 N–H and O–H groups in total. The van der Waals surface area contributed by atoms with E-state index in [-0.39, 0.29) is 5.91 Å². The molecule has 0 radical (unpaired) electrons. The average Bonchev–Trinajstić information content (AvgIpc) is 3.12. The summed E-state index contributed by atoms with van der Waals surface area (Å²) in [4.78, 5) is 12.3. The fourth-order valence-corrected chi connectivity index (χ4v) is 2.90. The van der Waals surface area contributed by atoms with Gasteiger partial charge in [0.1, 0.15) is 5.75 Å². The van der Waals surface area contributed by atoms with E-state index in [1.807, 2.05) is 31.2 Å². The fraction of sp³-hybridized carbons (Fsp3) is 0.200. The van der Waals surface area contributed by atoms with Gasteiger partial charge >= 0.3 is 0 Å². The molecule has 0 bridgehead atoms.